The molecule has 0 bridgehead atoms. The molecule has 0 spiro atoms. The van der Waals surface area contributed by atoms with E-state index in [4.69, 9.17) is 4.74 Å². The van der Waals surface area contributed by atoms with Gasteiger partial charge in [-0.1, -0.05) is 27.7 Å². The van der Waals surface area contributed by atoms with Gasteiger partial charge in [0.25, 0.3) is 0 Å². The molecule has 1 fully saturated rings. The Balaban J connectivity index is 1.98. The normalized spacial score (nSPS) is 16.9. The van der Waals surface area contributed by atoms with E-state index >= 15 is 0 Å². The van der Waals surface area contributed by atoms with Gasteiger partial charge in [0.1, 0.15) is 5.75 Å². The second kappa shape index (κ2) is 9.06. The molecule has 152 valence electrons. The molecule has 1 aromatic carbocycles. The summed E-state index contributed by atoms with van der Waals surface area (Å²) in [5.41, 5.74) is 0. The van der Waals surface area contributed by atoms with Crippen molar-refractivity contribution in [3.8, 4) is 5.75 Å². The maximum absolute atomic E-state index is 12.8. The van der Waals surface area contributed by atoms with Crippen molar-refractivity contribution in [2.75, 3.05) is 20.2 Å². The zero-order valence-corrected chi connectivity index (χ0v) is 17.8. The highest BCUT2D eigenvalue weighted by molar-refractivity contribution is 7.89. The largest absolute Gasteiger partial charge is 0.497 e. The Morgan fingerprint density at radius 1 is 1.07 bits per heavy atom. The van der Waals surface area contributed by atoms with Gasteiger partial charge in [-0.2, -0.15) is 4.31 Å². The third kappa shape index (κ3) is 5.23. The van der Waals surface area contributed by atoms with Gasteiger partial charge in [0.2, 0.25) is 15.9 Å². The minimum atomic E-state index is -3.54. The number of benzene rings is 1. The van der Waals surface area contributed by atoms with Crippen LogP contribution < -0.4 is 10.1 Å². The molecular weight excluding hydrogens is 364 g/mol. The van der Waals surface area contributed by atoms with Crippen LogP contribution in [0.3, 0.4) is 0 Å². The molecule has 1 N–H and O–H groups in total. The van der Waals surface area contributed by atoms with Crippen molar-refractivity contribution < 1.29 is 17.9 Å². The van der Waals surface area contributed by atoms with E-state index in [1.165, 1.54) is 4.31 Å². The van der Waals surface area contributed by atoms with Gasteiger partial charge in [-0.25, -0.2) is 8.42 Å². The summed E-state index contributed by atoms with van der Waals surface area (Å²) in [5.74, 6) is 1.26. The zero-order valence-electron chi connectivity index (χ0n) is 16.9. The molecule has 1 aliphatic heterocycles. The minimum Gasteiger partial charge on any atom is -0.497 e. The fraction of sp³-hybridized carbons (Fsp3) is 0.650. The van der Waals surface area contributed by atoms with E-state index in [1.54, 1.807) is 31.4 Å². The lowest BCUT2D eigenvalue weighted by Gasteiger charge is -2.33. The molecule has 0 saturated carbocycles. The number of piperidine rings is 1. The van der Waals surface area contributed by atoms with E-state index in [0.717, 1.165) is 0 Å². The zero-order chi connectivity index (χ0) is 20.2. The second-order valence-electron chi connectivity index (χ2n) is 7.88. The predicted molar refractivity (Wildman–Crippen MR) is 106 cm³/mol. The van der Waals surface area contributed by atoms with Gasteiger partial charge >= 0.3 is 0 Å². The number of rotatable bonds is 7. The first-order valence-corrected chi connectivity index (χ1v) is 11.1. The molecule has 2 rings (SSSR count). The highest BCUT2D eigenvalue weighted by Crippen LogP contribution is 2.25. The number of nitrogens with zero attached hydrogens (tertiary/aromatic N) is 1. The molecule has 1 saturated heterocycles. The standard InChI is InChI=1S/C20H32N2O4S/c1-14(2)19(15(3)4)21-20(23)16-10-12-22(13-11-16)27(24,25)18-8-6-17(26-5)7-9-18/h6-9,14-16,19H,10-13H2,1-5H3,(H,21,23). The molecule has 0 atom stereocenters. The van der Waals surface area contributed by atoms with E-state index < -0.39 is 10.0 Å². The number of nitrogens with one attached hydrogen (secondary N) is 1. The summed E-state index contributed by atoms with van der Waals surface area (Å²) in [6.45, 7) is 9.15. The molecule has 1 heterocycles. The van der Waals surface area contributed by atoms with E-state index in [9.17, 15) is 13.2 Å². The topological polar surface area (TPSA) is 75.7 Å². The number of hydrogen-bond acceptors (Lipinski definition) is 4. The van der Waals surface area contributed by atoms with Crippen molar-refractivity contribution in [1.29, 1.82) is 0 Å². The van der Waals surface area contributed by atoms with Crippen molar-refractivity contribution in [2.45, 2.75) is 51.5 Å². The number of methoxy groups -OCH3 is 1. The van der Waals surface area contributed by atoms with Gasteiger partial charge in [0.05, 0.1) is 12.0 Å². The lowest BCUT2D eigenvalue weighted by molar-refractivity contribution is -0.127. The number of amides is 1. The van der Waals surface area contributed by atoms with Crippen LogP contribution in [0.4, 0.5) is 0 Å². The average molecular weight is 397 g/mol. The molecule has 0 aliphatic carbocycles. The fourth-order valence-corrected chi connectivity index (χ4v) is 5.11. The Hall–Kier alpha value is -1.60. The minimum absolute atomic E-state index is 0.0453. The molecule has 6 nitrogen and oxygen atoms in total. The lowest BCUT2D eigenvalue weighted by atomic mass is 9.91. The fourth-order valence-electron chi connectivity index (χ4n) is 3.64. The summed E-state index contributed by atoms with van der Waals surface area (Å²) in [6.07, 6.45) is 1.09. The van der Waals surface area contributed by atoms with Crippen LogP contribution in [0.2, 0.25) is 0 Å². The van der Waals surface area contributed by atoms with Crippen molar-refractivity contribution in [3.63, 3.8) is 0 Å². The van der Waals surface area contributed by atoms with Crippen LogP contribution >= 0.6 is 0 Å². The Kier molecular flexibility index (Phi) is 7.28. The van der Waals surface area contributed by atoms with Gasteiger partial charge in [0.15, 0.2) is 0 Å². The van der Waals surface area contributed by atoms with Crippen LogP contribution in [-0.2, 0) is 14.8 Å². The van der Waals surface area contributed by atoms with E-state index in [1.807, 2.05) is 0 Å². The molecular formula is C20H32N2O4S. The molecule has 0 aromatic heterocycles. The number of ether oxygens (including phenoxy) is 1. The van der Waals surface area contributed by atoms with Gasteiger partial charge < -0.3 is 10.1 Å². The summed E-state index contributed by atoms with van der Waals surface area (Å²) in [6, 6.07) is 6.54. The van der Waals surface area contributed by atoms with Crippen LogP contribution in [0.1, 0.15) is 40.5 Å². The van der Waals surface area contributed by atoms with Crippen LogP contribution in [0.5, 0.6) is 5.75 Å². The molecule has 0 radical (unpaired) electrons. The molecule has 0 unspecified atom stereocenters. The number of carbonyl (C=O) groups excluding carboxylic acids is 1. The highest BCUT2D eigenvalue weighted by atomic mass is 32.2. The molecule has 1 aliphatic rings. The molecule has 1 aromatic rings. The Morgan fingerprint density at radius 3 is 2.04 bits per heavy atom. The number of carbonyl (C=O) groups is 1. The Bertz CT molecular complexity index is 713. The van der Waals surface area contributed by atoms with E-state index in [0.29, 0.717) is 43.5 Å². The maximum atomic E-state index is 12.8. The predicted octanol–water partition coefficient (Wildman–Crippen LogP) is 2.89. The van der Waals surface area contributed by atoms with Gasteiger partial charge in [-0.15, -0.1) is 0 Å². The summed E-state index contributed by atoms with van der Waals surface area (Å²) in [4.78, 5) is 12.9. The third-order valence-corrected chi connectivity index (χ3v) is 7.18. The lowest BCUT2D eigenvalue weighted by Crippen LogP contribution is -2.48. The molecule has 1 amide bonds. The van der Waals surface area contributed by atoms with Crippen molar-refractivity contribution in [1.82, 2.24) is 9.62 Å². The highest BCUT2D eigenvalue weighted by Gasteiger charge is 2.33. The second-order valence-corrected chi connectivity index (χ2v) is 9.81. The van der Waals surface area contributed by atoms with Crippen LogP contribution in [0.25, 0.3) is 0 Å². The first-order chi connectivity index (χ1) is 12.7. The van der Waals surface area contributed by atoms with Gasteiger partial charge in [-0.3, -0.25) is 4.79 Å². The average Bonchev–Trinajstić information content (AvgIpc) is 2.65. The first-order valence-electron chi connectivity index (χ1n) is 9.61. The van der Waals surface area contributed by atoms with Crippen molar-refractivity contribution in [2.24, 2.45) is 17.8 Å². The van der Waals surface area contributed by atoms with Gasteiger partial charge in [0, 0.05) is 25.0 Å². The number of hydrogen-bond donors (Lipinski definition) is 1. The Labute approximate surface area is 163 Å². The Morgan fingerprint density at radius 2 is 1.59 bits per heavy atom. The van der Waals surface area contributed by atoms with Crippen molar-refractivity contribution in [3.05, 3.63) is 24.3 Å². The van der Waals surface area contributed by atoms with Crippen LogP contribution in [-0.4, -0.2) is 44.9 Å². The monoisotopic (exact) mass is 396 g/mol. The van der Waals surface area contributed by atoms with Crippen molar-refractivity contribution >= 4 is 15.9 Å². The van der Waals surface area contributed by atoms with Gasteiger partial charge in [-0.05, 0) is 48.9 Å². The quantitative estimate of drug-likeness (QED) is 0.769. The molecule has 7 heteroatoms. The smallest absolute Gasteiger partial charge is 0.243 e. The maximum Gasteiger partial charge on any atom is 0.243 e. The summed E-state index contributed by atoms with van der Waals surface area (Å²) >= 11 is 0. The van der Waals surface area contributed by atoms with Crippen LogP contribution in [0.15, 0.2) is 29.2 Å². The summed E-state index contributed by atoms with van der Waals surface area (Å²) in [7, 11) is -2.00. The van der Waals surface area contributed by atoms with E-state index in [-0.39, 0.29) is 22.8 Å². The molecule has 27 heavy (non-hydrogen) atoms. The van der Waals surface area contributed by atoms with Crippen LogP contribution in [0, 0.1) is 17.8 Å². The third-order valence-electron chi connectivity index (χ3n) is 5.27. The summed E-state index contributed by atoms with van der Waals surface area (Å²) < 4.78 is 32.2. The SMILES string of the molecule is COc1ccc(S(=O)(=O)N2CCC(C(=O)NC(C(C)C)C(C)C)CC2)cc1. The number of sulfonamides is 1. The first kappa shape index (κ1) is 21.7. The summed E-state index contributed by atoms with van der Waals surface area (Å²) in [5, 5.41) is 3.16. The van der Waals surface area contributed by atoms with E-state index in [2.05, 4.69) is 33.0 Å².